The van der Waals surface area contributed by atoms with E-state index in [0.29, 0.717) is 17.9 Å². The number of halogens is 4. The first-order valence-electron chi connectivity index (χ1n) is 9.58. The Kier molecular flexibility index (Phi) is 9.71. The molecule has 8 heteroatoms. The van der Waals surface area contributed by atoms with Gasteiger partial charge in [0.2, 0.25) is 0 Å². The summed E-state index contributed by atoms with van der Waals surface area (Å²) in [6, 6.07) is 8.15. The number of hydrogen-bond acceptors (Lipinski definition) is 4. The van der Waals surface area contributed by atoms with E-state index < -0.39 is 12.2 Å². The van der Waals surface area contributed by atoms with E-state index in [4.69, 9.17) is 9.47 Å². The summed E-state index contributed by atoms with van der Waals surface area (Å²) in [6.45, 7) is 8.35. The Balaban J connectivity index is 2.36. The monoisotopic (exact) mass is 670 g/mol. The predicted molar refractivity (Wildman–Crippen MR) is 135 cm³/mol. The summed E-state index contributed by atoms with van der Waals surface area (Å²) in [7, 11) is 0. The molecular weight excluding hydrogens is 648 g/mol. The molecule has 2 aromatic carbocycles. The van der Waals surface area contributed by atoms with Gasteiger partial charge in [0.15, 0.2) is 0 Å². The zero-order valence-corrected chi connectivity index (χ0v) is 23.7. The lowest BCUT2D eigenvalue weighted by molar-refractivity contribution is 0.103. The highest BCUT2D eigenvalue weighted by molar-refractivity contribution is 9.11. The van der Waals surface area contributed by atoms with E-state index >= 15 is 0 Å². The van der Waals surface area contributed by atoms with Crippen molar-refractivity contribution in [3.8, 4) is 11.5 Å². The predicted octanol–water partition coefficient (Wildman–Crippen LogP) is 6.97. The number of aliphatic hydroxyl groups is 2. The van der Waals surface area contributed by atoms with Crippen LogP contribution in [0.1, 0.15) is 45.2 Å². The van der Waals surface area contributed by atoms with Crippen molar-refractivity contribution in [1.82, 2.24) is 0 Å². The number of benzene rings is 2. The van der Waals surface area contributed by atoms with Crippen LogP contribution in [0, 0.1) is 0 Å². The Labute approximate surface area is 211 Å². The molecular formula is C22H26Br4O4. The average Bonchev–Trinajstić information content (AvgIpc) is 2.65. The Morgan fingerprint density at radius 1 is 0.800 bits per heavy atom. The van der Waals surface area contributed by atoms with Crippen molar-refractivity contribution in [3.63, 3.8) is 0 Å². The van der Waals surface area contributed by atoms with Crippen molar-refractivity contribution in [2.45, 2.75) is 51.7 Å². The van der Waals surface area contributed by atoms with Gasteiger partial charge in [0.25, 0.3) is 0 Å². The summed E-state index contributed by atoms with van der Waals surface area (Å²) < 4.78 is 14.8. The van der Waals surface area contributed by atoms with Crippen molar-refractivity contribution >= 4 is 63.7 Å². The number of rotatable bonds is 9. The SMILES string of the molecule is CCC(O)COc1c(Br)cc(C(C)(C)c2cc(Br)c(OCC(C)O)c(Br)c2)cc1Br. The largest absolute Gasteiger partial charge is 0.489 e. The second kappa shape index (κ2) is 11.1. The Bertz CT molecular complexity index is 837. The molecule has 0 bridgehead atoms. The second-order valence-electron chi connectivity index (χ2n) is 7.70. The summed E-state index contributed by atoms with van der Waals surface area (Å²) in [5.41, 5.74) is 1.85. The van der Waals surface area contributed by atoms with Gasteiger partial charge in [-0.2, -0.15) is 0 Å². The Morgan fingerprint density at radius 3 is 1.50 bits per heavy atom. The third-order valence-corrected chi connectivity index (χ3v) is 7.16. The van der Waals surface area contributed by atoms with Crippen LogP contribution in [0.5, 0.6) is 11.5 Å². The number of ether oxygens (including phenoxy) is 2. The minimum absolute atomic E-state index is 0.216. The summed E-state index contributed by atoms with van der Waals surface area (Å²) in [4.78, 5) is 0. The first-order chi connectivity index (χ1) is 14.0. The highest BCUT2D eigenvalue weighted by atomic mass is 79.9. The molecule has 2 rings (SSSR count). The van der Waals surface area contributed by atoms with Crippen LogP contribution < -0.4 is 9.47 Å². The summed E-state index contributed by atoms with van der Waals surface area (Å²) in [5.74, 6) is 1.34. The molecule has 2 atom stereocenters. The Morgan fingerprint density at radius 2 is 1.17 bits per heavy atom. The molecule has 0 aliphatic rings. The molecule has 4 nitrogen and oxygen atoms in total. The zero-order valence-electron chi connectivity index (χ0n) is 17.3. The molecule has 0 aliphatic heterocycles. The molecule has 0 heterocycles. The molecule has 2 N–H and O–H groups in total. The van der Waals surface area contributed by atoms with Crippen LogP contribution in [-0.2, 0) is 5.41 Å². The van der Waals surface area contributed by atoms with Crippen LogP contribution in [0.2, 0.25) is 0 Å². The maximum absolute atomic E-state index is 9.79. The first kappa shape index (κ1) is 26.1. The molecule has 0 amide bonds. The lowest BCUT2D eigenvalue weighted by Gasteiger charge is -2.28. The first-order valence-corrected chi connectivity index (χ1v) is 12.7. The van der Waals surface area contributed by atoms with Crippen molar-refractivity contribution in [2.24, 2.45) is 0 Å². The quantitative estimate of drug-likeness (QED) is 0.302. The van der Waals surface area contributed by atoms with Gasteiger partial charge in [-0.15, -0.1) is 0 Å². The lowest BCUT2D eigenvalue weighted by atomic mass is 9.78. The van der Waals surface area contributed by atoms with Crippen LogP contribution >= 0.6 is 63.7 Å². The highest BCUT2D eigenvalue weighted by Gasteiger charge is 2.27. The summed E-state index contributed by atoms with van der Waals surface area (Å²) in [5, 5.41) is 19.3. The van der Waals surface area contributed by atoms with Crippen LogP contribution in [0.25, 0.3) is 0 Å². The molecule has 0 spiro atoms. The maximum atomic E-state index is 9.79. The summed E-state index contributed by atoms with van der Waals surface area (Å²) in [6.07, 6.45) is -0.404. The van der Waals surface area contributed by atoms with Gasteiger partial charge in [0, 0.05) is 5.41 Å². The van der Waals surface area contributed by atoms with Crippen molar-refractivity contribution in [1.29, 1.82) is 0 Å². The fourth-order valence-corrected chi connectivity index (χ4v) is 5.62. The number of aliphatic hydroxyl groups excluding tert-OH is 2. The average molecular weight is 674 g/mol. The second-order valence-corrected chi connectivity index (χ2v) is 11.1. The van der Waals surface area contributed by atoms with Gasteiger partial charge in [-0.1, -0.05) is 20.8 Å². The lowest BCUT2D eigenvalue weighted by Crippen LogP contribution is -2.20. The van der Waals surface area contributed by atoms with E-state index in [1.807, 2.05) is 31.2 Å². The zero-order chi connectivity index (χ0) is 22.6. The minimum atomic E-state index is -0.547. The van der Waals surface area contributed by atoms with Crippen LogP contribution in [0.3, 0.4) is 0 Å². The Hall–Kier alpha value is -0.120. The summed E-state index contributed by atoms with van der Waals surface area (Å²) >= 11 is 14.4. The van der Waals surface area contributed by atoms with Gasteiger partial charge in [-0.25, -0.2) is 0 Å². The van der Waals surface area contributed by atoms with Gasteiger partial charge < -0.3 is 19.7 Å². The molecule has 0 aromatic heterocycles. The number of hydrogen-bond donors (Lipinski definition) is 2. The van der Waals surface area contributed by atoms with Crippen molar-refractivity contribution in [2.75, 3.05) is 13.2 Å². The molecule has 0 aliphatic carbocycles. The molecule has 0 saturated carbocycles. The standard InChI is InChI=1S/C22H26Br4O4/c1-5-15(28)11-30-21-18(25)8-14(9-19(21)26)22(3,4)13-6-16(23)20(17(24)7-13)29-10-12(2)27/h6-9,12,15,27-28H,5,10-11H2,1-4H3. The smallest absolute Gasteiger partial charge is 0.147 e. The fourth-order valence-electron chi connectivity index (χ4n) is 2.79. The van der Waals surface area contributed by atoms with Gasteiger partial charge in [-0.05, 0) is 112 Å². The minimum Gasteiger partial charge on any atom is -0.489 e. The van der Waals surface area contributed by atoms with Crippen LogP contribution in [-0.4, -0.2) is 35.6 Å². The van der Waals surface area contributed by atoms with Crippen LogP contribution in [0.15, 0.2) is 42.2 Å². The fraction of sp³-hybridized carbons (Fsp3) is 0.455. The van der Waals surface area contributed by atoms with E-state index in [-0.39, 0.29) is 18.6 Å². The van der Waals surface area contributed by atoms with Gasteiger partial charge in [0.1, 0.15) is 24.7 Å². The molecule has 2 aromatic rings. The maximum Gasteiger partial charge on any atom is 0.147 e. The van der Waals surface area contributed by atoms with E-state index in [1.54, 1.807) is 6.92 Å². The van der Waals surface area contributed by atoms with Gasteiger partial charge >= 0.3 is 0 Å². The molecule has 166 valence electrons. The van der Waals surface area contributed by atoms with Gasteiger partial charge in [0.05, 0.1) is 30.1 Å². The van der Waals surface area contributed by atoms with E-state index in [9.17, 15) is 10.2 Å². The third-order valence-electron chi connectivity index (χ3n) is 4.80. The molecule has 2 unspecified atom stereocenters. The molecule has 0 radical (unpaired) electrons. The molecule has 30 heavy (non-hydrogen) atoms. The third kappa shape index (κ3) is 6.45. The molecule has 0 saturated heterocycles. The van der Waals surface area contributed by atoms with Crippen LogP contribution in [0.4, 0.5) is 0 Å². The van der Waals surface area contributed by atoms with Crippen molar-refractivity contribution in [3.05, 3.63) is 53.3 Å². The van der Waals surface area contributed by atoms with Crippen molar-refractivity contribution < 1.29 is 19.7 Å². The van der Waals surface area contributed by atoms with E-state index in [2.05, 4.69) is 77.6 Å². The van der Waals surface area contributed by atoms with E-state index in [0.717, 1.165) is 29.0 Å². The van der Waals surface area contributed by atoms with Gasteiger partial charge in [-0.3, -0.25) is 0 Å². The molecule has 0 fully saturated rings. The highest BCUT2D eigenvalue weighted by Crippen LogP contribution is 2.44. The van der Waals surface area contributed by atoms with E-state index in [1.165, 1.54) is 0 Å². The topological polar surface area (TPSA) is 58.9 Å². The normalized spacial score (nSPS) is 13.8.